The summed E-state index contributed by atoms with van der Waals surface area (Å²) >= 11 is 4.43. The second-order valence-corrected chi connectivity index (χ2v) is 7.51. The van der Waals surface area contributed by atoms with E-state index in [4.69, 9.17) is 9.47 Å². The normalized spacial score (nSPS) is 17.6. The summed E-state index contributed by atoms with van der Waals surface area (Å²) in [6.45, 7) is 3.08. The van der Waals surface area contributed by atoms with Gasteiger partial charge in [0.25, 0.3) is 5.79 Å². The van der Waals surface area contributed by atoms with E-state index in [-0.39, 0.29) is 5.57 Å². The number of ether oxygens (including phenoxy) is 2. The molecule has 1 aliphatic heterocycles. The van der Waals surface area contributed by atoms with E-state index < -0.39 is 17.7 Å². The van der Waals surface area contributed by atoms with Crippen molar-refractivity contribution < 1.29 is 19.1 Å². The molecule has 0 aliphatic carbocycles. The summed E-state index contributed by atoms with van der Waals surface area (Å²) in [6, 6.07) is 3.99. The first-order chi connectivity index (χ1) is 9.43. The van der Waals surface area contributed by atoms with Crippen LogP contribution in [0, 0.1) is 0 Å². The summed E-state index contributed by atoms with van der Waals surface area (Å²) in [5, 5.41) is 1.99. The predicted octanol–water partition coefficient (Wildman–Crippen LogP) is 3.39. The van der Waals surface area contributed by atoms with E-state index in [1.165, 1.54) is 42.2 Å². The van der Waals surface area contributed by atoms with E-state index in [1.54, 1.807) is 11.3 Å². The van der Waals surface area contributed by atoms with Crippen LogP contribution in [0.4, 0.5) is 0 Å². The highest BCUT2D eigenvalue weighted by Crippen LogP contribution is 2.37. The topological polar surface area (TPSA) is 52.6 Å². The number of thiophene rings is 1. The Labute approximate surface area is 129 Å². The number of thioether (sulfide) groups is 2. The molecule has 0 aromatic carbocycles. The van der Waals surface area contributed by atoms with Crippen molar-refractivity contribution in [1.29, 1.82) is 0 Å². The van der Waals surface area contributed by atoms with Crippen molar-refractivity contribution in [2.75, 3.05) is 6.26 Å². The first kappa shape index (κ1) is 15.5. The fourth-order valence-electron chi connectivity index (χ4n) is 1.58. The van der Waals surface area contributed by atoms with Crippen LogP contribution in [-0.2, 0) is 24.8 Å². The van der Waals surface area contributed by atoms with Crippen molar-refractivity contribution in [2.24, 2.45) is 0 Å². The minimum atomic E-state index is -1.19. The van der Waals surface area contributed by atoms with E-state index in [9.17, 15) is 9.59 Å². The number of rotatable bonds is 4. The lowest BCUT2D eigenvalue weighted by molar-refractivity contribution is -0.222. The summed E-state index contributed by atoms with van der Waals surface area (Å²) in [4.78, 5) is 25.1. The van der Waals surface area contributed by atoms with Gasteiger partial charge in [-0.05, 0) is 17.7 Å². The molecule has 1 aliphatic rings. The zero-order valence-corrected chi connectivity index (χ0v) is 13.7. The molecule has 0 saturated carbocycles. The van der Waals surface area contributed by atoms with Crippen molar-refractivity contribution in [3.05, 3.63) is 32.2 Å². The number of hydrogen-bond donors (Lipinski definition) is 0. The van der Waals surface area contributed by atoms with Crippen LogP contribution < -0.4 is 0 Å². The zero-order valence-electron chi connectivity index (χ0n) is 11.3. The minimum absolute atomic E-state index is 0.00150. The lowest BCUT2D eigenvalue weighted by Crippen LogP contribution is -2.42. The summed E-state index contributed by atoms with van der Waals surface area (Å²) in [7, 11) is 0. The van der Waals surface area contributed by atoms with Gasteiger partial charge in [-0.15, -0.1) is 34.9 Å². The highest BCUT2D eigenvalue weighted by atomic mass is 32.2. The molecule has 1 saturated heterocycles. The first-order valence-corrected chi connectivity index (χ1v) is 8.92. The maximum Gasteiger partial charge on any atom is 0.350 e. The molecule has 0 radical (unpaired) electrons. The minimum Gasteiger partial charge on any atom is -0.419 e. The molecule has 7 heteroatoms. The summed E-state index contributed by atoms with van der Waals surface area (Å²) in [5.41, 5.74) is -0.00150. The Bertz CT molecular complexity index is 524. The summed E-state index contributed by atoms with van der Waals surface area (Å²) in [5.74, 6) is -1.72. The Kier molecular flexibility index (Phi) is 4.82. The quantitative estimate of drug-likeness (QED) is 0.479. The number of carbonyl (C=O) groups is 2. The summed E-state index contributed by atoms with van der Waals surface area (Å²) in [6.07, 6.45) is 1.82. The highest BCUT2D eigenvalue weighted by molar-refractivity contribution is 8.21. The van der Waals surface area contributed by atoms with Gasteiger partial charge >= 0.3 is 11.9 Å². The molecular formula is C13H14O4S3. The monoisotopic (exact) mass is 330 g/mol. The van der Waals surface area contributed by atoms with Crippen LogP contribution >= 0.6 is 34.9 Å². The maximum absolute atomic E-state index is 12.0. The molecule has 108 valence electrons. The molecule has 1 aromatic heterocycles. The van der Waals surface area contributed by atoms with Crippen molar-refractivity contribution in [3.8, 4) is 0 Å². The number of esters is 2. The van der Waals surface area contributed by atoms with E-state index in [1.807, 2.05) is 23.8 Å². The lowest BCUT2D eigenvalue weighted by atomic mass is 10.2. The third-order valence-electron chi connectivity index (χ3n) is 2.40. The number of carbonyl (C=O) groups excluding carboxylic acids is 2. The number of hydrogen-bond acceptors (Lipinski definition) is 7. The molecule has 20 heavy (non-hydrogen) atoms. The molecule has 0 bridgehead atoms. The highest BCUT2D eigenvalue weighted by Gasteiger charge is 2.40. The van der Waals surface area contributed by atoms with E-state index >= 15 is 0 Å². The van der Waals surface area contributed by atoms with Gasteiger partial charge in [-0.3, -0.25) is 0 Å². The van der Waals surface area contributed by atoms with Gasteiger partial charge in [0.2, 0.25) is 0 Å². The van der Waals surface area contributed by atoms with Gasteiger partial charge < -0.3 is 9.47 Å². The van der Waals surface area contributed by atoms with Crippen LogP contribution in [-0.4, -0.2) is 24.0 Å². The van der Waals surface area contributed by atoms with Gasteiger partial charge in [0.15, 0.2) is 5.57 Å². The smallest absolute Gasteiger partial charge is 0.350 e. The Morgan fingerprint density at radius 3 is 2.45 bits per heavy atom. The largest absolute Gasteiger partial charge is 0.419 e. The van der Waals surface area contributed by atoms with Crippen LogP contribution in [0.5, 0.6) is 0 Å². The van der Waals surface area contributed by atoms with Crippen molar-refractivity contribution >= 4 is 46.8 Å². The van der Waals surface area contributed by atoms with Crippen molar-refractivity contribution in [3.63, 3.8) is 0 Å². The molecule has 2 heterocycles. The summed E-state index contributed by atoms with van der Waals surface area (Å²) < 4.78 is 10.9. The average Bonchev–Trinajstić information content (AvgIpc) is 2.84. The van der Waals surface area contributed by atoms with Crippen molar-refractivity contribution in [2.45, 2.75) is 25.4 Å². The fraction of sp³-hybridized carbons (Fsp3) is 0.385. The number of cyclic esters (lactones) is 2. The molecule has 1 fully saturated rings. The maximum atomic E-state index is 12.0. The Balaban J connectivity index is 2.18. The zero-order chi connectivity index (χ0) is 14.8. The SMILES string of the molecule is CSC(SCc1cccs1)=C1C(=O)OC(C)(C)OC1=O. The molecular weight excluding hydrogens is 316 g/mol. The van der Waals surface area contributed by atoms with Gasteiger partial charge in [-0.1, -0.05) is 6.07 Å². The van der Waals surface area contributed by atoms with Crippen LogP contribution in [0.1, 0.15) is 18.7 Å². The van der Waals surface area contributed by atoms with Gasteiger partial charge in [-0.2, -0.15) is 0 Å². The molecule has 2 rings (SSSR count). The Morgan fingerprint density at radius 2 is 1.95 bits per heavy atom. The van der Waals surface area contributed by atoms with E-state index in [0.29, 0.717) is 9.99 Å². The van der Waals surface area contributed by atoms with Gasteiger partial charge in [-0.25, -0.2) is 9.59 Å². The fourth-order valence-corrected chi connectivity index (χ4v) is 4.22. The average molecular weight is 330 g/mol. The Morgan fingerprint density at radius 1 is 1.30 bits per heavy atom. The van der Waals surface area contributed by atoms with Crippen LogP contribution in [0.25, 0.3) is 0 Å². The van der Waals surface area contributed by atoms with Crippen LogP contribution in [0.2, 0.25) is 0 Å². The van der Waals surface area contributed by atoms with E-state index in [0.717, 1.165) is 0 Å². The molecule has 0 unspecified atom stereocenters. The van der Waals surface area contributed by atoms with Crippen molar-refractivity contribution in [1.82, 2.24) is 0 Å². The van der Waals surface area contributed by atoms with Crippen LogP contribution in [0.3, 0.4) is 0 Å². The van der Waals surface area contributed by atoms with Gasteiger partial charge in [0.05, 0.1) is 4.24 Å². The predicted molar refractivity (Wildman–Crippen MR) is 82.4 cm³/mol. The third-order valence-corrected chi connectivity index (χ3v) is 5.81. The first-order valence-electron chi connectivity index (χ1n) is 5.83. The van der Waals surface area contributed by atoms with Gasteiger partial charge in [0, 0.05) is 24.5 Å². The Hall–Kier alpha value is -0.920. The lowest BCUT2D eigenvalue weighted by Gasteiger charge is -2.30. The van der Waals surface area contributed by atoms with Gasteiger partial charge in [0.1, 0.15) is 0 Å². The standard InChI is InChI=1S/C13H14O4S3/c1-13(2)16-10(14)9(11(15)17-13)12(18-3)20-7-8-5-4-6-19-8/h4-6H,7H2,1-3H3. The molecule has 0 spiro atoms. The third kappa shape index (κ3) is 3.59. The second kappa shape index (κ2) is 6.24. The molecule has 0 amide bonds. The molecule has 1 aromatic rings. The van der Waals surface area contributed by atoms with E-state index in [2.05, 4.69) is 0 Å². The molecule has 4 nitrogen and oxygen atoms in total. The van der Waals surface area contributed by atoms with Crippen LogP contribution in [0.15, 0.2) is 27.3 Å². The second-order valence-electron chi connectivity index (χ2n) is 4.41. The molecule has 0 N–H and O–H groups in total. The molecule has 0 atom stereocenters.